The SMILES string of the molecule is COCC(C)Oc1ccc2ccc(-c3nnc4ccc(C(N5CCC(N)C5)C(F)(F)F)cn34)nc2c1F. The average molecular weight is 519 g/mol. The summed E-state index contributed by atoms with van der Waals surface area (Å²) in [5, 5.41) is 8.74. The first-order valence-electron chi connectivity index (χ1n) is 11.8. The highest BCUT2D eigenvalue weighted by Crippen LogP contribution is 2.39. The molecule has 4 aromatic rings. The second-order valence-corrected chi connectivity index (χ2v) is 9.23. The van der Waals surface area contributed by atoms with Gasteiger partial charge in [0.15, 0.2) is 23.0 Å². The maximum atomic E-state index is 15.3. The van der Waals surface area contributed by atoms with Gasteiger partial charge in [-0.3, -0.25) is 9.30 Å². The van der Waals surface area contributed by atoms with Gasteiger partial charge in [0.05, 0.1) is 6.61 Å². The normalized spacial score (nSPS) is 18.5. The first kappa shape index (κ1) is 25.3. The van der Waals surface area contributed by atoms with Gasteiger partial charge in [0.25, 0.3) is 0 Å². The number of nitrogens with two attached hydrogens (primary N) is 1. The lowest BCUT2D eigenvalue weighted by molar-refractivity contribution is -0.183. The number of benzene rings is 1. The molecule has 5 rings (SSSR count). The summed E-state index contributed by atoms with van der Waals surface area (Å²) < 4.78 is 69.8. The Morgan fingerprint density at radius 2 is 1.92 bits per heavy atom. The zero-order valence-corrected chi connectivity index (χ0v) is 20.2. The van der Waals surface area contributed by atoms with Crippen LogP contribution in [0.5, 0.6) is 5.75 Å². The lowest BCUT2D eigenvalue weighted by atomic mass is 10.1. The molecule has 1 fully saturated rings. The number of nitrogens with zero attached hydrogens (tertiary/aromatic N) is 5. The molecule has 0 aliphatic carbocycles. The molecule has 3 aromatic heterocycles. The Morgan fingerprint density at radius 3 is 2.62 bits per heavy atom. The van der Waals surface area contributed by atoms with E-state index in [9.17, 15) is 13.2 Å². The third-order valence-electron chi connectivity index (χ3n) is 6.40. The number of likely N-dealkylation sites (tertiary alicyclic amines) is 1. The molecule has 2 N–H and O–H groups in total. The Labute approximate surface area is 210 Å². The maximum absolute atomic E-state index is 15.3. The highest BCUT2D eigenvalue weighted by atomic mass is 19.4. The summed E-state index contributed by atoms with van der Waals surface area (Å²) in [5.74, 6) is -0.442. The number of aromatic nitrogens is 4. The van der Waals surface area contributed by atoms with Crippen molar-refractivity contribution in [3.05, 3.63) is 54.0 Å². The molecule has 4 heterocycles. The van der Waals surface area contributed by atoms with Crippen LogP contribution in [0.1, 0.15) is 24.9 Å². The van der Waals surface area contributed by atoms with Gasteiger partial charge in [-0.25, -0.2) is 9.37 Å². The second-order valence-electron chi connectivity index (χ2n) is 9.23. The second kappa shape index (κ2) is 9.84. The Morgan fingerprint density at radius 1 is 1.14 bits per heavy atom. The van der Waals surface area contributed by atoms with E-state index < -0.39 is 18.0 Å². The Bertz CT molecular complexity index is 1430. The minimum absolute atomic E-state index is 0.0203. The minimum Gasteiger partial charge on any atom is -0.485 e. The van der Waals surface area contributed by atoms with Gasteiger partial charge in [0.2, 0.25) is 0 Å². The van der Waals surface area contributed by atoms with E-state index in [0.29, 0.717) is 17.5 Å². The van der Waals surface area contributed by atoms with Crippen LogP contribution in [0.4, 0.5) is 17.6 Å². The molecule has 0 saturated carbocycles. The van der Waals surface area contributed by atoms with E-state index in [2.05, 4.69) is 15.2 Å². The highest BCUT2D eigenvalue weighted by Gasteiger charge is 2.46. The molecular formula is C25H26F4N6O2. The smallest absolute Gasteiger partial charge is 0.408 e. The summed E-state index contributed by atoms with van der Waals surface area (Å²) in [6, 6.07) is 7.24. The topological polar surface area (TPSA) is 90.8 Å². The molecular weight excluding hydrogens is 492 g/mol. The fourth-order valence-corrected chi connectivity index (χ4v) is 4.74. The Hall–Kier alpha value is -3.35. The zero-order chi connectivity index (χ0) is 26.3. The maximum Gasteiger partial charge on any atom is 0.408 e. The van der Waals surface area contributed by atoms with Crippen LogP contribution in [0.25, 0.3) is 28.1 Å². The lowest BCUT2D eigenvalue weighted by Gasteiger charge is -2.30. The summed E-state index contributed by atoms with van der Waals surface area (Å²) in [6.07, 6.45) is -3.03. The molecule has 1 aliphatic rings. The molecule has 1 aromatic carbocycles. The molecule has 0 bridgehead atoms. The average Bonchev–Trinajstić information content (AvgIpc) is 3.46. The largest absolute Gasteiger partial charge is 0.485 e. The Kier molecular flexibility index (Phi) is 6.73. The van der Waals surface area contributed by atoms with Gasteiger partial charge in [-0.15, -0.1) is 10.2 Å². The summed E-state index contributed by atoms with van der Waals surface area (Å²) >= 11 is 0. The van der Waals surface area contributed by atoms with Crippen LogP contribution in [0, 0.1) is 5.82 Å². The van der Waals surface area contributed by atoms with Gasteiger partial charge in [0, 0.05) is 37.8 Å². The Balaban J connectivity index is 1.56. The molecule has 0 spiro atoms. The number of alkyl halides is 3. The van der Waals surface area contributed by atoms with Crippen LogP contribution in [0.2, 0.25) is 0 Å². The van der Waals surface area contributed by atoms with Gasteiger partial charge in [0.1, 0.15) is 23.4 Å². The number of ether oxygens (including phenoxy) is 2. The minimum atomic E-state index is -4.51. The van der Waals surface area contributed by atoms with Crippen LogP contribution in [-0.2, 0) is 4.74 Å². The first-order valence-corrected chi connectivity index (χ1v) is 11.8. The first-order chi connectivity index (χ1) is 17.7. The van der Waals surface area contributed by atoms with E-state index in [1.54, 1.807) is 25.1 Å². The van der Waals surface area contributed by atoms with Crippen molar-refractivity contribution in [1.29, 1.82) is 0 Å². The van der Waals surface area contributed by atoms with Gasteiger partial charge in [-0.1, -0.05) is 12.1 Å². The van der Waals surface area contributed by atoms with Crippen molar-refractivity contribution in [2.75, 3.05) is 26.8 Å². The van der Waals surface area contributed by atoms with Crippen LogP contribution < -0.4 is 10.5 Å². The molecule has 0 amide bonds. The summed E-state index contributed by atoms with van der Waals surface area (Å²) in [6.45, 7) is 2.43. The lowest BCUT2D eigenvalue weighted by Crippen LogP contribution is -2.38. The number of methoxy groups -OCH3 is 1. The van der Waals surface area contributed by atoms with E-state index in [4.69, 9.17) is 15.2 Å². The third kappa shape index (κ3) is 4.96. The van der Waals surface area contributed by atoms with E-state index in [-0.39, 0.29) is 60.2 Å². The van der Waals surface area contributed by atoms with E-state index in [1.807, 2.05) is 0 Å². The van der Waals surface area contributed by atoms with Crippen molar-refractivity contribution in [3.8, 4) is 17.3 Å². The predicted octanol–water partition coefficient (Wildman–Crippen LogP) is 4.13. The van der Waals surface area contributed by atoms with Crippen molar-refractivity contribution >= 4 is 16.6 Å². The third-order valence-corrected chi connectivity index (χ3v) is 6.40. The summed E-state index contributed by atoms with van der Waals surface area (Å²) in [5.41, 5.74) is 6.55. The van der Waals surface area contributed by atoms with Crippen molar-refractivity contribution < 1.29 is 27.0 Å². The number of hydrogen-bond donors (Lipinski definition) is 1. The standard InChI is InChI=1S/C25H26F4N6O2/c1-14(13-36-2)37-19-7-4-15-3-6-18(31-22(15)21(19)26)24-33-32-20-8-5-16(11-35(20)24)23(25(27,28)29)34-10-9-17(30)12-34/h3-8,11,14,17,23H,9-10,12-13,30H2,1-2H3. The molecule has 12 heteroatoms. The molecule has 1 saturated heterocycles. The van der Waals surface area contributed by atoms with Crippen LogP contribution in [0.15, 0.2) is 42.6 Å². The number of halogens is 4. The van der Waals surface area contributed by atoms with Crippen molar-refractivity contribution in [1.82, 2.24) is 24.5 Å². The molecule has 37 heavy (non-hydrogen) atoms. The molecule has 3 unspecified atom stereocenters. The molecule has 196 valence electrons. The fourth-order valence-electron chi connectivity index (χ4n) is 4.74. The van der Waals surface area contributed by atoms with Crippen molar-refractivity contribution in [2.24, 2.45) is 5.73 Å². The molecule has 0 radical (unpaired) electrons. The van der Waals surface area contributed by atoms with E-state index in [1.165, 1.54) is 40.8 Å². The number of hydrogen-bond acceptors (Lipinski definition) is 7. The van der Waals surface area contributed by atoms with Crippen LogP contribution >= 0.6 is 0 Å². The van der Waals surface area contributed by atoms with Gasteiger partial charge in [-0.2, -0.15) is 13.2 Å². The quantitative estimate of drug-likeness (QED) is 0.368. The monoisotopic (exact) mass is 518 g/mol. The molecule has 3 atom stereocenters. The van der Waals surface area contributed by atoms with Gasteiger partial charge >= 0.3 is 6.18 Å². The molecule has 1 aliphatic heterocycles. The zero-order valence-electron chi connectivity index (χ0n) is 20.2. The van der Waals surface area contributed by atoms with E-state index in [0.717, 1.165) is 0 Å². The van der Waals surface area contributed by atoms with Crippen LogP contribution in [0.3, 0.4) is 0 Å². The number of pyridine rings is 2. The fraction of sp³-hybridized carbons (Fsp3) is 0.400. The summed E-state index contributed by atoms with van der Waals surface area (Å²) in [7, 11) is 1.52. The predicted molar refractivity (Wildman–Crippen MR) is 129 cm³/mol. The number of rotatable bonds is 7. The molecule has 8 nitrogen and oxygen atoms in total. The van der Waals surface area contributed by atoms with Gasteiger partial charge in [-0.05, 0) is 43.2 Å². The number of fused-ring (bicyclic) bond motifs is 2. The summed E-state index contributed by atoms with van der Waals surface area (Å²) in [4.78, 5) is 5.77. The van der Waals surface area contributed by atoms with Crippen LogP contribution in [-0.4, -0.2) is 69.6 Å². The van der Waals surface area contributed by atoms with Crippen molar-refractivity contribution in [2.45, 2.75) is 37.7 Å². The van der Waals surface area contributed by atoms with E-state index >= 15 is 4.39 Å². The van der Waals surface area contributed by atoms with Crippen molar-refractivity contribution in [3.63, 3.8) is 0 Å². The highest BCUT2D eigenvalue weighted by molar-refractivity contribution is 5.83. The van der Waals surface area contributed by atoms with Gasteiger partial charge < -0.3 is 15.2 Å².